The number of rotatable bonds is 7. The average molecular weight is 591 g/mol. The summed E-state index contributed by atoms with van der Waals surface area (Å²) in [6, 6.07) is 34.3. The summed E-state index contributed by atoms with van der Waals surface area (Å²) < 4.78 is 11.0. The quantitative estimate of drug-likeness (QED) is 0.185. The Labute approximate surface area is 264 Å². The van der Waals surface area contributed by atoms with E-state index in [0.29, 0.717) is 5.92 Å². The molecule has 0 amide bonds. The molecule has 3 heterocycles. The van der Waals surface area contributed by atoms with E-state index in [4.69, 9.17) is 14.8 Å². The molecule has 0 saturated heterocycles. The predicted molar refractivity (Wildman–Crippen MR) is 185 cm³/mol. The van der Waals surface area contributed by atoms with Crippen molar-refractivity contribution in [2.24, 2.45) is 0 Å². The van der Waals surface area contributed by atoms with Crippen LogP contribution in [0.2, 0.25) is 0 Å². The SMILES string of the molecule is CCc1ccc2c(c1)c1ccc(Oc3cc(C(C)C)cc(-n4nc(C)c(-c5ccccc5)c4C)c3)cc1n2-c1cc(C)ccn1. The zero-order valence-corrected chi connectivity index (χ0v) is 26.8. The number of nitrogens with zero attached hydrogens (tertiary/aromatic N) is 4. The summed E-state index contributed by atoms with van der Waals surface area (Å²) in [5.74, 6) is 2.79. The topological polar surface area (TPSA) is 44.9 Å². The second-order valence-corrected chi connectivity index (χ2v) is 12.3. The maximum Gasteiger partial charge on any atom is 0.137 e. The van der Waals surface area contributed by atoms with Crippen LogP contribution in [0.5, 0.6) is 11.5 Å². The molecule has 5 nitrogen and oxygen atoms in total. The van der Waals surface area contributed by atoms with Gasteiger partial charge in [-0.25, -0.2) is 9.67 Å². The number of ether oxygens (including phenoxy) is 1. The summed E-state index contributed by atoms with van der Waals surface area (Å²) in [5, 5.41) is 7.40. The lowest BCUT2D eigenvalue weighted by atomic mass is 10.0. The highest BCUT2D eigenvalue weighted by atomic mass is 16.5. The molecule has 0 N–H and O–H groups in total. The summed E-state index contributed by atoms with van der Waals surface area (Å²) >= 11 is 0. The van der Waals surface area contributed by atoms with Crippen molar-refractivity contribution in [3.8, 4) is 34.1 Å². The van der Waals surface area contributed by atoms with Crippen molar-refractivity contribution in [2.45, 2.75) is 53.9 Å². The highest BCUT2D eigenvalue weighted by molar-refractivity contribution is 6.09. The van der Waals surface area contributed by atoms with Gasteiger partial charge in [-0.05, 0) is 104 Å². The number of hydrogen-bond acceptors (Lipinski definition) is 3. The maximum absolute atomic E-state index is 6.68. The molecule has 3 aromatic heterocycles. The smallest absolute Gasteiger partial charge is 0.137 e. The van der Waals surface area contributed by atoms with Crippen molar-refractivity contribution in [3.05, 3.63) is 131 Å². The largest absolute Gasteiger partial charge is 0.457 e. The first-order chi connectivity index (χ1) is 21.8. The molecule has 4 aromatic carbocycles. The molecule has 5 heteroatoms. The lowest BCUT2D eigenvalue weighted by molar-refractivity contribution is 0.481. The first-order valence-electron chi connectivity index (χ1n) is 15.8. The number of benzene rings is 4. The van der Waals surface area contributed by atoms with Gasteiger partial charge >= 0.3 is 0 Å². The van der Waals surface area contributed by atoms with Gasteiger partial charge in [-0.2, -0.15) is 5.10 Å². The fourth-order valence-corrected chi connectivity index (χ4v) is 6.39. The van der Waals surface area contributed by atoms with E-state index in [2.05, 4.69) is 131 Å². The third-order valence-corrected chi connectivity index (χ3v) is 8.75. The highest BCUT2D eigenvalue weighted by Crippen LogP contribution is 2.37. The van der Waals surface area contributed by atoms with Crippen LogP contribution >= 0.6 is 0 Å². The van der Waals surface area contributed by atoms with Crippen LogP contribution in [0.3, 0.4) is 0 Å². The van der Waals surface area contributed by atoms with E-state index in [9.17, 15) is 0 Å². The van der Waals surface area contributed by atoms with E-state index >= 15 is 0 Å². The molecule has 0 aliphatic carbocycles. The molecule has 0 saturated carbocycles. The highest BCUT2D eigenvalue weighted by Gasteiger charge is 2.18. The van der Waals surface area contributed by atoms with E-state index in [0.717, 1.165) is 51.8 Å². The summed E-state index contributed by atoms with van der Waals surface area (Å²) in [6.07, 6.45) is 2.87. The second kappa shape index (κ2) is 11.4. The van der Waals surface area contributed by atoms with Crippen molar-refractivity contribution in [3.63, 3.8) is 0 Å². The molecule has 0 aliphatic heterocycles. The molecule has 0 atom stereocenters. The zero-order chi connectivity index (χ0) is 31.2. The van der Waals surface area contributed by atoms with Gasteiger partial charge in [0.15, 0.2) is 0 Å². The fourth-order valence-electron chi connectivity index (χ4n) is 6.39. The standard InChI is InChI=1S/C40H38N4O/c1-7-29-13-16-37-36(20-29)35-15-14-33(24-38(35)43(37)39-19-26(4)17-18-41-39)45-34-22-31(25(2)3)21-32(23-34)44-28(6)40(27(5)42-44)30-11-9-8-10-12-30/h8-25H,7H2,1-6H3. The lowest BCUT2D eigenvalue weighted by Gasteiger charge is -2.15. The Morgan fingerprint density at radius 2 is 1.58 bits per heavy atom. The van der Waals surface area contributed by atoms with Crippen LogP contribution in [0.1, 0.15) is 54.8 Å². The Bertz CT molecular complexity index is 2190. The normalized spacial score (nSPS) is 11.6. The molecular formula is C40H38N4O. The molecule has 7 rings (SSSR count). The van der Waals surface area contributed by atoms with E-state index in [-0.39, 0.29) is 0 Å². The van der Waals surface area contributed by atoms with Crippen molar-refractivity contribution in [1.29, 1.82) is 0 Å². The van der Waals surface area contributed by atoms with Crippen LogP contribution in [0.4, 0.5) is 0 Å². The summed E-state index contributed by atoms with van der Waals surface area (Å²) in [5.41, 5.74) is 11.3. The Morgan fingerprint density at radius 3 is 2.33 bits per heavy atom. The Kier molecular flexibility index (Phi) is 7.25. The van der Waals surface area contributed by atoms with Gasteiger partial charge in [0, 0.05) is 40.4 Å². The molecule has 0 unspecified atom stereocenters. The lowest BCUT2D eigenvalue weighted by Crippen LogP contribution is -2.02. The van der Waals surface area contributed by atoms with Gasteiger partial charge in [-0.15, -0.1) is 0 Å². The molecule has 0 spiro atoms. The van der Waals surface area contributed by atoms with Gasteiger partial charge in [0.05, 0.1) is 22.4 Å². The van der Waals surface area contributed by atoms with Gasteiger partial charge in [-0.1, -0.05) is 57.2 Å². The van der Waals surface area contributed by atoms with Crippen LogP contribution in [-0.2, 0) is 6.42 Å². The van der Waals surface area contributed by atoms with Gasteiger partial charge in [0.2, 0.25) is 0 Å². The number of hydrogen-bond donors (Lipinski definition) is 0. The zero-order valence-electron chi connectivity index (χ0n) is 26.8. The average Bonchev–Trinajstić information content (AvgIpc) is 3.53. The molecule has 7 aromatic rings. The number of aryl methyl sites for hydroxylation is 3. The maximum atomic E-state index is 6.68. The molecule has 0 fully saturated rings. The van der Waals surface area contributed by atoms with Gasteiger partial charge in [0.1, 0.15) is 17.3 Å². The third kappa shape index (κ3) is 5.18. The molecular weight excluding hydrogens is 552 g/mol. The van der Waals surface area contributed by atoms with E-state index in [1.54, 1.807) is 0 Å². The molecule has 45 heavy (non-hydrogen) atoms. The van der Waals surface area contributed by atoms with Crippen molar-refractivity contribution >= 4 is 21.8 Å². The Balaban J connectivity index is 1.35. The monoisotopic (exact) mass is 590 g/mol. The molecule has 224 valence electrons. The van der Waals surface area contributed by atoms with Crippen LogP contribution in [0, 0.1) is 20.8 Å². The van der Waals surface area contributed by atoms with Crippen molar-refractivity contribution in [1.82, 2.24) is 19.3 Å². The van der Waals surface area contributed by atoms with Gasteiger partial charge in [0.25, 0.3) is 0 Å². The summed E-state index contributed by atoms with van der Waals surface area (Å²) in [7, 11) is 0. The number of pyridine rings is 1. The Morgan fingerprint density at radius 1 is 0.756 bits per heavy atom. The molecule has 0 aliphatic rings. The second-order valence-electron chi connectivity index (χ2n) is 12.3. The minimum Gasteiger partial charge on any atom is -0.457 e. The van der Waals surface area contributed by atoms with Crippen LogP contribution in [0.25, 0.3) is 44.4 Å². The summed E-state index contributed by atoms with van der Waals surface area (Å²) in [6.45, 7) is 12.9. The summed E-state index contributed by atoms with van der Waals surface area (Å²) in [4.78, 5) is 4.77. The van der Waals surface area contributed by atoms with Crippen molar-refractivity contribution < 1.29 is 4.74 Å². The minimum absolute atomic E-state index is 0.322. The Hall–Kier alpha value is -5.16. The first kappa shape index (κ1) is 28.6. The third-order valence-electron chi connectivity index (χ3n) is 8.75. The van der Waals surface area contributed by atoms with E-state index in [1.165, 1.54) is 38.6 Å². The van der Waals surface area contributed by atoms with E-state index < -0.39 is 0 Å². The number of aromatic nitrogens is 4. The van der Waals surface area contributed by atoms with E-state index in [1.807, 2.05) is 23.0 Å². The van der Waals surface area contributed by atoms with Crippen LogP contribution in [-0.4, -0.2) is 19.3 Å². The number of fused-ring (bicyclic) bond motifs is 3. The predicted octanol–water partition coefficient (Wildman–Crippen LogP) is 10.4. The van der Waals surface area contributed by atoms with Gasteiger partial charge < -0.3 is 4.74 Å². The fraction of sp³-hybridized carbons (Fsp3) is 0.200. The minimum atomic E-state index is 0.322. The van der Waals surface area contributed by atoms with Gasteiger partial charge in [-0.3, -0.25) is 4.57 Å². The van der Waals surface area contributed by atoms with Crippen LogP contribution in [0.15, 0.2) is 103 Å². The van der Waals surface area contributed by atoms with Crippen molar-refractivity contribution in [2.75, 3.05) is 0 Å². The molecule has 0 bridgehead atoms. The molecule has 0 radical (unpaired) electrons. The van der Waals surface area contributed by atoms with Crippen LogP contribution < -0.4 is 4.74 Å². The first-order valence-corrected chi connectivity index (χ1v) is 15.8.